The summed E-state index contributed by atoms with van der Waals surface area (Å²) in [4.78, 5) is 34.1. The van der Waals surface area contributed by atoms with Gasteiger partial charge >= 0.3 is 7.12 Å². The molecule has 2 bridgehead atoms. The van der Waals surface area contributed by atoms with Crippen molar-refractivity contribution in [1.29, 1.82) is 0 Å². The summed E-state index contributed by atoms with van der Waals surface area (Å²) in [5.41, 5.74) is 1.44. The maximum absolute atomic E-state index is 14.5. The normalized spacial score (nSPS) is 31.0. The van der Waals surface area contributed by atoms with Crippen molar-refractivity contribution >= 4 is 24.6 Å². The molecular weight excluding hydrogens is 621 g/mol. The average Bonchev–Trinajstić information content (AvgIpc) is 3.78. The van der Waals surface area contributed by atoms with Gasteiger partial charge in [-0.3, -0.25) is 14.3 Å². The molecule has 11 nitrogen and oxygen atoms in total. The first-order chi connectivity index (χ1) is 23.4. The maximum Gasteiger partial charge on any atom is 0.481 e. The van der Waals surface area contributed by atoms with Crippen LogP contribution in [0.4, 0.5) is 0 Å². The van der Waals surface area contributed by atoms with Gasteiger partial charge in [0.1, 0.15) is 5.69 Å². The summed E-state index contributed by atoms with van der Waals surface area (Å²) >= 11 is 0. The van der Waals surface area contributed by atoms with Crippen LogP contribution in [0.15, 0.2) is 41.6 Å². The van der Waals surface area contributed by atoms with E-state index in [-0.39, 0.29) is 53.9 Å². The van der Waals surface area contributed by atoms with Crippen LogP contribution < -0.4 is 10.6 Å². The summed E-state index contributed by atoms with van der Waals surface area (Å²) in [5, 5.41) is 15.4. The van der Waals surface area contributed by atoms with Gasteiger partial charge in [-0.2, -0.15) is 5.10 Å². The topological polar surface area (TPSA) is 125 Å². The molecule has 3 saturated carbocycles. The Morgan fingerprint density at radius 2 is 1.86 bits per heavy atom. The van der Waals surface area contributed by atoms with Crippen molar-refractivity contribution in [2.45, 2.75) is 116 Å². The van der Waals surface area contributed by atoms with E-state index in [9.17, 15) is 9.59 Å². The first kappa shape index (κ1) is 34.2. The Bertz CT molecular complexity index is 1570. The zero-order valence-corrected chi connectivity index (χ0v) is 29.9. The molecule has 1 unspecified atom stereocenters. The summed E-state index contributed by atoms with van der Waals surface area (Å²) in [7, 11) is -0.546. The molecule has 1 aromatic heterocycles. The lowest BCUT2D eigenvalue weighted by Gasteiger charge is -2.64. The molecule has 4 heterocycles. The molecule has 6 atom stereocenters. The summed E-state index contributed by atoms with van der Waals surface area (Å²) in [6.07, 6.45) is 5.06. The lowest BCUT2D eigenvalue weighted by molar-refractivity contribution is -0.199. The zero-order chi connectivity index (χ0) is 34.6. The molecule has 264 valence electrons. The Hall–Kier alpha value is -3.22. The molecule has 6 aliphatic rings. The predicted molar refractivity (Wildman–Crippen MR) is 186 cm³/mol. The Balaban J connectivity index is 1.06. The second kappa shape index (κ2) is 13.2. The van der Waals surface area contributed by atoms with E-state index >= 15 is 0 Å². The molecule has 49 heavy (non-hydrogen) atoms. The van der Waals surface area contributed by atoms with Crippen LogP contribution >= 0.6 is 0 Å². The number of ether oxygens (including phenoxy) is 1. The highest BCUT2D eigenvalue weighted by Gasteiger charge is 2.68. The van der Waals surface area contributed by atoms with Crippen LogP contribution in [0.25, 0.3) is 0 Å². The molecule has 3 aliphatic carbocycles. The van der Waals surface area contributed by atoms with Gasteiger partial charge in [-0.15, -0.1) is 0 Å². The van der Waals surface area contributed by atoms with Crippen molar-refractivity contribution in [1.82, 2.24) is 20.4 Å². The molecule has 2 N–H and O–H groups in total. The number of hydrogen-bond donors (Lipinski definition) is 2. The van der Waals surface area contributed by atoms with E-state index in [0.717, 1.165) is 30.5 Å². The van der Waals surface area contributed by atoms with Crippen molar-refractivity contribution < 1.29 is 28.5 Å². The monoisotopic (exact) mass is 673 g/mol. The van der Waals surface area contributed by atoms with E-state index in [1.165, 1.54) is 6.42 Å². The minimum absolute atomic E-state index is 0.0203. The third-order valence-corrected chi connectivity index (χ3v) is 12.0. The molecule has 0 spiro atoms. The van der Waals surface area contributed by atoms with Gasteiger partial charge in [0.05, 0.1) is 41.6 Å². The highest BCUT2D eigenvalue weighted by molar-refractivity contribution is 6.48. The molecule has 2 amide bonds. The van der Waals surface area contributed by atoms with Gasteiger partial charge in [-0.25, -0.2) is 0 Å². The Morgan fingerprint density at radius 3 is 2.57 bits per heavy atom. The lowest BCUT2D eigenvalue weighted by Crippen LogP contribution is -2.65. The van der Waals surface area contributed by atoms with Gasteiger partial charge in [-0.05, 0) is 80.8 Å². The van der Waals surface area contributed by atoms with E-state index in [2.05, 4.69) is 55.5 Å². The predicted octanol–water partition coefficient (Wildman–Crippen LogP) is 4.83. The molecule has 3 aliphatic heterocycles. The van der Waals surface area contributed by atoms with Gasteiger partial charge in [0.2, 0.25) is 5.60 Å². The molecule has 2 saturated heterocycles. The van der Waals surface area contributed by atoms with E-state index in [1.54, 1.807) is 0 Å². The highest BCUT2D eigenvalue weighted by Crippen LogP contribution is 2.65. The van der Waals surface area contributed by atoms with Gasteiger partial charge < -0.3 is 29.5 Å². The quantitative estimate of drug-likeness (QED) is 0.328. The fraction of sp³-hybridized carbons (Fsp3) is 0.676. The number of amides is 2. The SMILES string of the molecule is Cc1cc(C(=O)NCC2=NOC(Cc3ccccc3)(C(=O)N[C@@H](CC(C)C)B3O[C@@H]4C[C@@H]5C[C@@H](C5(C)C)[C@]4(C)O3)C2)n(C2CCOCC2)n1. The molecule has 8 rings (SSSR count). The van der Waals surface area contributed by atoms with Gasteiger partial charge in [0, 0.05) is 26.1 Å². The number of benzene rings is 1. The van der Waals surface area contributed by atoms with E-state index < -0.39 is 12.7 Å². The van der Waals surface area contributed by atoms with Crippen LogP contribution in [0, 0.1) is 30.1 Å². The Kier molecular flexibility index (Phi) is 9.19. The van der Waals surface area contributed by atoms with Crippen molar-refractivity contribution in [3.8, 4) is 0 Å². The zero-order valence-electron chi connectivity index (χ0n) is 29.9. The van der Waals surface area contributed by atoms with Crippen LogP contribution in [0.3, 0.4) is 0 Å². The van der Waals surface area contributed by atoms with E-state index in [0.29, 0.717) is 55.2 Å². The summed E-state index contributed by atoms with van der Waals surface area (Å²) in [6, 6.07) is 11.8. The Morgan fingerprint density at radius 1 is 1.10 bits per heavy atom. The molecule has 0 radical (unpaired) electrons. The van der Waals surface area contributed by atoms with Crippen molar-refractivity contribution in [3.05, 3.63) is 53.3 Å². The number of aromatic nitrogens is 2. The first-order valence-corrected chi connectivity index (χ1v) is 18.2. The number of nitrogens with one attached hydrogen (secondary N) is 2. The van der Waals surface area contributed by atoms with Crippen molar-refractivity contribution in [3.63, 3.8) is 0 Å². The van der Waals surface area contributed by atoms with Gasteiger partial charge in [-0.1, -0.05) is 63.2 Å². The van der Waals surface area contributed by atoms with Crippen LogP contribution in [0.2, 0.25) is 0 Å². The molecule has 5 fully saturated rings. The number of nitrogens with zero attached hydrogens (tertiary/aromatic N) is 3. The van der Waals surface area contributed by atoms with Crippen LogP contribution in [-0.2, 0) is 30.1 Å². The highest BCUT2D eigenvalue weighted by atomic mass is 16.7. The summed E-state index contributed by atoms with van der Waals surface area (Å²) in [5.74, 6) is 0.522. The van der Waals surface area contributed by atoms with Gasteiger partial charge in [0.25, 0.3) is 11.8 Å². The number of carbonyl (C=O) groups excluding carboxylic acids is 2. The van der Waals surface area contributed by atoms with E-state index in [4.69, 9.17) is 18.9 Å². The number of carbonyl (C=O) groups is 2. The molecule has 12 heteroatoms. The first-order valence-electron chi connectivity index (χ1n) is 18.2. The second-order valence-electron chi connectivity index (χ2n) is 16.3. The summed E-state index contributed by atoms with van der Waals surface area (Å²) < 4.78 is 20.8. The second-order valence-corrected chi connectivity index (χ2v) is 16.3. The molecule has 2 aromatic rings. The number of oxime groups is 1. The fourth-order valence-corrected chi connectivity index (χ4v) is 9.15. The third-order valence-electron chi connectivity index (χ3n) is 12.0. The number of rotatable bonds is 11. The molecule has 1 aromatic carbocycles. The minimum atomic E-state index is -1.28. The number of hydrogen-bond acceptors (Lipinski definition) is 8. The largest absolute Gasteiger partial charge is 0.481 e. The fourth-order valence-electron chi connectivity index (χ4n) is 9.15. The maximum atomic E-state index is 14.5. The van der Waals surface area contributed by atoms with Crippen LogP contribution in [0.1, 0.15) is 101 Å². The minimum Gasteiger partial charge on any atom is -0.404 e. The molecular formula is C37H52BN5O6. The number of aryl methyl sites for hydroxylation is 1. The smallest absolute Gasteiger partial charge is 0.404 e. The van der Waals surface area contributed by atoms with Crippen molar-refractivity contribution in [2.24, 2.45) is 28.3 Å². The standard InChI is InChI=1S/C37H52BN5O6/c1-23(2)16-32(38-47-31-19-26-18-30(35(26,4)5)36(31,6)48-38)40-34(45)37(20-25-10-8-7-9-11-25)21-27(42-49-37)22-39-33(44)29-17-24(3)41-43(29)28-12-14-46-15-13-28/h7-11,17,23,26,28,30-32H,12-16,18-22H2,1-6H3,(H,39,44)(H,40,45)/t26-,30-,31+,32-,36-,37?/m0/s1. The third kappa shape index (κ3) is 6.44. The van der Waals surface area contributed by atoms with Crippen molar-refractivity contribution in [2.75, 3.05) is 19.8 Å². The van der Waals surface area contributed by atoms with Crippen LogP contribution in [0.5, 0.6) is 0 Å². The van der Waals surface area contributed by atoms with Gasteiger partial charge in [0.15, 0.2) is 0 Å². The lowest BCUT2D eigenvalue weighted by atomic mass is 9.43. The Labute approximate surface area is 290 Å². The average molecular weight is 674 g/mol. The summed E-state index contributed by atoms with van der Waals surface area (Å²) in [6.45, 7) is 14.6. The van der Waals surface area contributed by atoms with E-state index in [1.807, 2.05) is 48.0 Å². The van der Waals surface area contributed by atoms with Crippen LogP contribution in [-0.4, -0.2) is 77.4 Å².